The number of hydrogen-bond acceptors (Lipinski definition) is 1. The first-order chi connectivity index (χ1) is 4.46. The van der Waals surface area contributed by atoms with Crippen LogP contribution in [0.3, 0.4) is 0 Å². The van der Waals surface area contributed by atoms with Crippen LogP contribution in [-0.4, -0.2) is 18.4 Å². The summed E-state index contributed by atoms with van der Waals surface area (Å²) in [6.45, 7) is 0. The van der Waals surface area contributed by atoms with Gasteiger partial charge in [0.2, 0.25) is 0 Å². The maximum Gasteiger partial charge on any atom is 0.311 e. The highest BCUT2D eigenvalue weighted by molar-refractivity contribution is 5.00. The minimum absolute atomic E-state index is 0.0112. The van der Waals surface area contributed by atoms with Gasteiger partial charge in [0.15, 0.2) is 0 Å². The van der Waals surface area contributed by atoms with Crippen LogP contribution in [0.2, 0.25) is 0 Å². The second-order valence-electron chi connectivity index (χ2n) is 2.48. The lowest BCUT2D eigenvalue weighted by molar-refractivity contribution is -0.143. The number of hydrogen-bond donors (Lipinski definition) is 1. The van der Waals surface area contributed by atoms with Crippen molar-refractivity contribution in [3.8, 4) is 0 Å². The highest BCUT2D eigenvalue weighted by Gasteiger charge is 2.58. The Bertz CT molecular complexity index is 136. The SMILES string of the molecule is NC1CC1C(F)(F)C(F)F. The van der Waals surface area contributed by atoms with Gasteiger partial charge in [-0.2, -0.15) is 8.78 Å². The summed E-state index contributed by atoms with van der Waals surface area (Å²) in [7, 11) is 0. The molecule has 1 aliphatic carbocycles. The van der Waals surface area contributed by atoms with Crippen molar-refractivity contribution in [2.75, 3.05) is 0 Å². The van der Waals surface area contributed by atoms with Gasteiger partial charge >= 0.3 is 12.3 Å². The zero-order valence-corrected chi connectivity index (χ0v) is 5.03. The van der Waals surface area contributed by atoms with Crippen molar-refractivity contribution >= 4 is 0 Å². The van der Waals surface area contributed by atoms with Crippen LogP contribution in [0.4, 0.5) is 17.6 Å². The van der Waals surface area contributed by atoms with Gasteiger partial charge in [-0.05, 0) is 6.42 Å². The maximum atomic E-state index is 12.2. The van der Waals surface area contributed by atoms with Crippen molar-refractivity contribution in [2.24, 2.45) is 11.7 Å². The zero-order chi connectivity index (χ0) is 7.94. The van der Waals surface area contributed by atoms with Gasteiger partial charge in [-0.1, -0.05) is 0 Å². The standard InChI is InChI=1S/C5H7F4N/c6-4(7)5(8,9)2-1-3(2)10/h2-4H,1,10H2. The molecule has 0 amide bonds. The van der Waals surface area contributed by atoms with Crippen molar-refractivity contribution in [1.29, 1.82) is 0 Å². The average molecular weight is 157 g/mol. The number of nitrogens with two attached hydrogens (primary N) is 1. The van der Waals surface area contributed by atoms with E-state index in [1.165, 1.54) is 0 Å². The molecule has 0 aromatic rings. The lowest BCUT2D eigenvalue weighted by Crippen LogP contribution is -2.31. The molecule has 1 rings (SSSR count). The Morgan fingerprint density at radius 2 is 1.80 bits per heavy atom. The van der Waals surface area contributed by atoms with Crippen LogP contribution >= 0.6 is 0 Å². The van der Waals surface area contributed by atoms with E-state index in [4.69, 9.17) is 5.73 Å². The van der Waals surface area contributed by atoms with Crippen LogP contribution in [0.1, 0.15) is 6.42 Å². The summed E-state index contributed by atoms with van der Waals surface area (Å²) in [5, 5.41) is 0. The van der Waals surface area contributed by atoms with Crippen LogP contribution < -0.4 is 5.73 Å². The van der Waals surface area contributed by atoms with Crippen molar-refractivity contribution in [3.05, 3.63) is 0 Å². The van der Waals surface area contributed by atoms with E-state index >= 15 is 0 Å². The summed E-state index contributed by atoms with van der Waals surface area (Å²) >= 11 is 0. The Hall–Kier alpha value is -0.320. The Morgan fingerprint density at radius 3 is 1.90 bits per heavy atom. The summed E-state index contributed by atoms with van der Waals surface area (Å²) < 4.78 is 47.2. The normalized spacial score (nSPS) is 33.0. The molecule has 0 radical (unpaired) electrons. The van der Waals surface area contributed by atoms with Crippen molar-refractivity contribution in [2.45, 2.75) is 24.8 Å². The molecule has 0 aromatic heterocycles. The van der Waals surface area contributed by atoms with E-state index < -0.39 is 24.3 Å². The van der Waals surface area contributed by atoms with Crippen LogP contribution in [0.25, 0.3) is 0 Å². The third-order valence-electron chi connectivity index (χ3n) is 1.63. The molecule has 0 aliphatic heterocycles. The molecular weight excluding hydrogens is 150 g/mol. The molecule has 1 saturated carbocycles. The average Bonchev–Trinajstić information content (AvgIpc) is 2.46. The fourth-order valence-electron chi connectivity index (χ4n) is 0.819. The molecular formula is C5H7F4N. The van der Waals surface area contributed by atoms with E-state index in [-0.39, 0.29) is 6.42 Å². The third kappa shape index (κ3) is 1.10. The lowest BCUT2D eigenvalue weighted by Gasteiger charge is -2.13. The Morgan fingerprint density at radius 1 is 1.40 bits per heavy atom. The maximum absolute atomic E-state index is 12.2. The molecule has 0 heterocycles. The minimum atomic E-state index is -3.88. The van der Waals surface area contributed by atoms with E-state index in [0.29, 0.717) is 0 Å². The summed E-state index contributed by atoms with van der Waals surface area (Å²) in [6.07, 6.45) is -3.57. The molecule has 10 heavy (non-hydrogen) atoms. The fraction of sp³-hybridized carbons (Fsp3) is 1.00. The van der Waals surface area contributed by atoms with E-state index in [0.717, 1.165) is 0 Å². The molecule has 2 unspecified atom stereocenters. The highest BCUT2D eigenvalue weighted by atomic mass is 19.3. The van der Waals surface area contributed by atoms with Crippen LogP contribution in [-0.2, 0) is 0 Å². The predicted molar refractivity (Wildman–Crippen MR) is 27.0 cm³/mol. The van der Waals surface area contributed by atoms with E-state index in [2.05, 4.69) is 0 Å². The molecule has 0 saturated heterocycles. The van der Waals surface area contributed by atoms with Crippen molar-refractivity contribution in [3.63, 3.8) is 0 Å². The lowest BCUT2D eigenvalue weighted by atomic mass is 10.2. The Kier molecular flexibility index (Phi) is 1.62. The van der Waals surface area contributed by atoms with Gasteiger partial charge in [0.05, 0.1) is 0 Å². The van der Waals surface area contributed by atoms with Gasteiger partial charge in [-0.15, -0.1) is 0 Å². The van der Waals surface area contributed by atoms with Gasteiger partial charge in [0.1, 0.15) is 0 Å². The first-order valence-corrected chi connectivity index (χ1v) is 2.87. The monoisotopic (exact) mass is 157 g/mol. The van der Waals surface area contributed by atoms with Crippen molar-refractivity contribution in [1.82, 2.24) is 0 Å². The van der Waals surface area contributed by atoms with Crippen LogP contribution in [0.15, 0.2) is 0 Å². The van der Waals surface area contributed by atoms with Gasteiger partial charge in [-0.25, -0.2) is 8.78 Å². The van der Waals surface area contributed by atoms with Gasteiger partial charge in [-0.3, -0.25) is 0 Å². The fourth-order valence-corrected chi connectivity index (χ4v) is 0.819. The summed E-state index contributed by atoms with van der Waals surface area (Å²) in [5.74, 6) is -5.17. The first kappa shape index (κ1) is 7.78. The van der Waals surface area contributed by atoms with Crippen LogP contribution in [0.5, 0.6) is 0 Å². The molecule has 2 atom stereocenters. The summed E-state index contributed by atoms with van der Waals surface area (Å²) in [6, 6.07) is -0.732. The van der Waals surface area contributed by atoms with E-state index in [1.54, 1.807) is 0 Å². The molecule has 1 fully saturated rings. The molecule has 1 nitrogen and oxygen atoms in total. The number of alkyl halides is 4. The molecule has 0 bridgehead atoms. The second kappa shape index (κ2) is 2.08. The van der Waals surface area contributed by atoms with Crippen molar-refractivity contribution < 1.29 is 17.6 Å². The van der Waals surface area contributed by atoms with Crippen LogP contribution in [0, 0.1) is 5.92 Å². The van der Waals surface area contributed by atoms with Gasteiger partial charge in [0.25, 0.3) is 0 Å². The minimum Gasteiger partial charge on any atom is -0.327 e. The molecule has 5 heteroatoms. The van der Waals surface area contributed by atoms with E-state index in [9.17, 15) is 17.6 Å². The predicted octanol–water partition coefficient (Wildman–Crippen LogP) is 1.23. The smallest absolute Gasteiger partial charge is 0.311 e. The molecule has 1 aliphatic rings. The number of halogens is 4. The highest BCUT2D eigenvalue weighted by Crippen LogP contribution is 2.45. The Balaban J connectivity index is 2.52. The molecule has 2 N–H and O–H groups in total. The first-order valence-electron chi connectivity index (χ1n) is 2.87. The third-order valence-corrected chi connectivity index (χ3v) is 1.63. The molecule has 60 valence electrons. The number of rotatable bonds is 2. The van der Waals surface area contributed by atoms with E-state index in [1.807, 2.05) is 0 Å². The quantitative estimate of drug-likeness (QED) is 0.599. The second-order valence-corrected chi connectivity index (χ2v) is 2.48. The topological polar surface area (TPSA) is 26.0 Å². The molecule has 0 aromatic carbocycles. The Labute approximate surface area is 55.2 Å². The van der Waals surface area contributed by atoms with Gasteiger partial charge in [0, 0.05) is 12.0 Å². The largest absolute Gasteiger partial charge is 0.327 e. The molecule has 0 spiro atoms. The van der Waals surface area contributed by atoms with Gasteiger partial charge < -0.3 is 5.73 Å². The zero-order valence-electron chi connectivity index (χ0n) is 5.03. The summed E-state index contributed by atoms with van der Waals surface area (Å²) in [5.41, 5.74) is 4.98. The summed E-state index contributed by atoms with van der Waals surface area (Å²) in [4.78, 5) is 0.